The Morgan fingerprint density at radius 2 is 1.88 bits per heavy atom. The van der Waals surface area contributed by atoms with Crippen LogP contribution in [0.4, 0.5) is 21.8 Å². The van der Waals surface area contributed by atoms with Gasteiger partial charge in [-0.15, -0.1) is 0 Å². The number of rotatable bonds is 4. The number of para-hydroxylation sites is 1. The molecule has 0 bridgehead atoms. The van der Waals surface area contributed by atoms with E-state index >= 15 is 0 Å². The highest BCUT2D eigenvalue weighted by Gasteiger charge is 2.19. The fourth-order valence-corrected chi connectivity index (χ4v) is 3.11. The van der Waals surface area contributed by atoms with Crippen molar-refractivity contribution in [1.82, 2.24) is 9.97 Å². The zero-order valence-corrected chi connectivity index (χ0v) is 13.8. The maximum atomic E-state index is 13.0. The van der Waals surface area contributed by atoms with Gasteiger partial charge in [0.2, 0.25) is 5.95 Å². The molecule has 4 nitrogen and oxygen atoms in total. The second-order valence-corrected chi connectivity index (χ2v) is 6.11. The molecule has 2 heterocycles. The van der Waals surface area contributed by atoms with Crippen molar-refractivity contribution in [1.29, 1.82) is 0 Å². The third kappa shape index (κ3) is 3.45. The van der Waals surface area contributed by atoms with E-state index in [1.54, 1.807) is 18.3 Å². The van der Waals surface area contributed by atoms with Crippen LogP contribution in [-0.4, -0.2) is 16.5 Å². The minimum Gasteiger partial charge on any atom is -0.366 e. The summed E-state index contributed by atoms with van der Waals surface area (Å²) in [4.78, 5) is 11.3. The van der Waals surface area contributed by atoms with Gasteiger partial charge in [-0.05, 0) is 48.2 Å². The van der Waals surface area contributed by atoms with Gasteiger partial charge in [-0.2, -0.15) is 4.98 Å². The lowest BCUT2D eigenvalue weighted by Gasteiger charge is -2.29. The normalized spacial score (nSPS) is 13.4. The first kappa shape index (κ1) is 15.6. The van der Waals surface area contributed by atoms with Crippen molar-refractivity contribution in [2.45, 2.75) is 19.4 Å². The molecule has 2 aromatic carbocycles. The number of hydrogen-bond donors (Lipinski definition) is 1. The smallest absolute Gasteiger partial charge is 0.231 e. The summed E-state index contributed by atoms with van der Waals surface area (Å²) < 4.78 is 13.0. The van der Waals surface area contributed by atoms with E-state index in [-0.39, 0.29) is 5.82 Å². The molecule has 0 aliphatic carbocycles. The summed E-state index contributed by atoms with van der Waals surface area (Å²) in [5.74, 6) is 1.24. The summed E-state index contributed by atoms with van der Waals surface area (Å²) in [5.41, 5.74) is 3.52. The van der Waals surface area contributed by atoms with Crippen LogP contribution in [0.1, 0.15) is 17.5 Å². The van der Waals surface area contributed by atoms with Crippen LogP contribution in [0.25, 0.3) is 0 Å². The first-order valence-corrected chi connectivity index (χ1v) is 8.46. The number of fused-ring (bicyclic) bond motifs is 1. The van der Waals surface area contributed by atoms with Crippen molar-refractivity contribution in [3.63, 3.8) is 0 Å². The molecule has 5 heteroatoms. The van der Waals surface area contributed by atoms with Gasteiger partial charge < -0.3 is 10.2 Å². The lowest BCUT2D eigenvalue weighted by Crippen LogP contribution is -2.26. The Morgan fingerprint density at radius 3 is 2.76 bits per heavy atom. The van der Waals surface area contributed by atoms with Crippen molar-refractivity contribution in [2.24, 2.45) is 0 Å². The lowest BCUT2D eigenvalue weighted by atomic mass is 10.0. The van der Waals surface area contributed by atoms with Crippen LogP contribution in [0.5, 0.6) is 0 Å². The summed E-state index contributed by atoms with van der Waals surface area (Å²) in [6, 6.07) is 16.7. The van der Waals surface area contributed by atoms with Gasteiger partial charge in [-0.25, -0.2) is 9.37 Å². The minimum absolute atomic E-state index is 0.225. The zero-order valence-electron chi connectivity index (χ0n) is 13.8. The molecule has 0 fully saturated rings. The Balaban J connectivity index is 1.53. The van der Waals surface area contributed by atoms with Gasteiger partial charge in [0.25, 0.3) is 0 Å². The van der Waals surface area contributed by atoms with E-state index in [2.05, 4.69) is 38.4 Å². The molecule has 0 saturated carbocycles. The minimum atomic E-state index is -0.225. The molecule has 1 aromatic heterocycles. The molecule has 1 aliphatic heterocycles. The molecule has 126 valence electrons. The van der Waals surface area contributed by atoms with Crippen LogP contribution in [0.3, 0.4) is 0 Å². The van der Waals surface area contributed by atoms with Crippen molar-refractivity contribution in [3.8, 4) is 0 Å². The largest absolute Gasteiger partial charge is 0.366 e. The number of anilines is 3. The first-order valence-electron chi connectivity index (χ1n) is 8.46. The van der Waals surface area contributed by atoms with Gasteiger partial charge in [-0.3, -0.25) is 0 Å². The predicted molar refractivity (Wildman–Crippen MR) is 97.5 cm³/mol. The molecular weight excluding hydrogens is 315 g/mol. The molecule has 0 radical (unpaired) electrons. The Morgan fingerprint density at radius 1 is 1.04 bits per heavy atom. The van der Waals surface area contributed by atoms with Crippen molar-refractivity contribution in [3.05, 3.63) is 77.7 Å². The fourth-order valence-electron chi connectivity index (χ4n) is 3.11. The van der Waals surface area contributed by atoms with E-state index in [0.717, 1.165) is 30.8 Å². The van der Waals surface area contributed by atoms with E-state index in [1.807, 2.05) is 12.1 Å². The maximum absolute atomic E-state index is 13.0. The Kier molecular flexibility index (Phi) is 4.29. The van der Waals surface area contributed by atoms with E-state index < -0.39 is 0 Å². The van der Waals surface area contributed by atoms with Gasteiger partial charge in [0.05, 0.1) is 0 Å². The van der Waals surface area contributed by atoms with Crippen LogP contribution in [0, 0.1) is 5.82 Å². The number of aromatic nitrogens is 2. The number of halogens is 1. The third-order valence-electron chi connectivity index (χ3n) is 4.38. The molecule has 0 amide bonds. The molecule has 0 atom stereocenters. The Hall–Kier alpha value is -2.95. The molecule has 1 N–H and O–H groups in total. The van der Waals surface area contributed by atoms with Crippen molar-refractivity contribution in [2.75, 3.05) is 16.8 Å². The van der Waals surface area contributed by atoms with Gasteiger partial charge in [0.1, 0.15) is 11.6 Å². The summed E-state index contributed by atoms with van der Waals surface area (Å²) in [6.45, 7) is 1.51. The van der Waals surface area contributed by atoms with Gasteiger partial charge >= 0.3 is 0 Å². The molecule has 4 rings (SSSR count). The molecule has 3 aromatic rings. The summed E-state index contributed by atoms with van der Waals surface area (Å²) in [7, 11) is 0. The number of hydrogen-bond acceptors (Lipinski definition) is 4. The fraction of sp³-hybridized carbons (Fsp3) is 0.200. The Bertz CT molecular complexity index is 864. The van der Waals surface area contributed by atoms with Gasteiger partial charge in [-0.1, -0.05) is 30.3 Å². The van der Waals surface area contributed by atoms with Crippen LogP contribution >= 0.6 is 0 Å². The second-order valence-electron chi connectivity index (χ2n) is 6.11. The quantitative estimate of drug-likeness (QED) is 0.772. The molecule has 0 saturated heterocycles. The molecule has 0 unspecified atom stereocenters. The molecule has 25 heavy (non-hydrogen) atoms. The van der Waals surface area contributed by atoms with E-state index in [4.69, 9.17) is 0 Å². The SMILES string of the molecule is Fc1ccc(CNc2ccnc(N3CCCc4ccccc43)n2)cc1. The summed E-state index contributed by atoms with van der Waals surface area (Å²) in [5, 5.41) is 3.28. The third-order valence-corrected chi connectivity index (χ3v) is 4.38. The van der Waals surface area contributed by atoms with Gasteiger partial charge in [0.15, 0.2) is 0 Å². The first-order chi connectivity index (χ1) is 12.3. The molecular formula is C20H19FN4. The van der Waals surface area contributed by atoms with Crippen molar-refractivity contribution >= 4 is 17.5 Å². The average molecular weight is 334 g/mol. The lowest BCUT2D eigenvalue weighted by molar-refractivity contribution is 0.627. The monoisotopic (exact) mass is 334 g/mol. The summed E-state index contributed by atoms with van der Waals surface area (Å²) in [6.07, 6.45) is 3.95. The summed E-state index contributed by atoms with van der Waals surface area (Å²) >= 11 is 0. The van der Waals surface area contributed by atoms with E-state index in [1.165, 1.54) is 23.4 Å². The van der Waals surface area contributed by atoms with Crippen LogP contribution < -0.4 is 10.2 Å². The highest BCUT2D eigenvalue weighted by molar-refractivity contribution is 5.64. The number of benzene rings is 2. The highest BCUT2D eigenvalue weighted by Crippen LogP contribution is 2.31. The van der Waals surface area contributed by atoms with E-state index in [0.29, 0.717) is 12.5 Å². The zero-order chi connectivity index (χ0) is 17.1. The van der Waals surface area contributed by atoms with E-state index in [9.17, 15) is 4.39 Å². The maximum Gasteiger partial charge on any atom is 0.231 e. The number of nitrogens with one attached hydrogen (secondary N) is 1. The molecule has 0 spiro atoms. The Labute approximate surface area is 146 Å². The predicted octanol–water partition coefficient (Wildman–Crippen LogP) is 4.31. The van der Waals surface area contributed by atoms with Crippen molar-refractivity contribution < 1.29 is 4.39 Å². The average Bonchev–Trinajstić information content (AvgIpc) is 2.67. The topological polar surface area (TPSA) is 41.1 Å². The van der Waals surface area contributed by atoms with Crippen LogP contribution in [0.2, 0.25) is 0 Å². The van der Waals surface area contributed by atoms with Crippen LogP contribution in [0.15, 0.2) is 60.8 Å². The van der Waals surface area contributed by atoms with Crippen LogP contribution in [-0.2, 0) is 13.0 Å². The second kappa shape index (κ2) is 6.89. The van der Waals surface area contributed by atoms with Gasteiger partial charge in [0, 0.05) is 25.0 Å². The number of aryl methyl sites for hydroxylation is 1. The molecule has 1 aliphatic rings. The number of nitrogens with zero attached hydrogens (tertiary/aromatic N) is 3. The standard InChI is InChI=1S/C20H19FN4/c21-17-9-7-15(8-10-17)14-23-19-11-12-22-20(24-19)25-13-3-5-16-4-1-2-6-18(16)25/h1-2,4,6-12H,3,5,13-14H2,(H,22,23,24). The highest BCUT2D eigenvalue weighted by atomic mass is 19.1.